The Labute approximate surface area is 206 Å². The molecule has 0 atom stereocenters. The van der Waals surface area contributed by atoms with Crippen LogP contribution >= 0.6 is 11.6 Å². The van der Waals surface area contributed by atoms with Crippen molar-refractivity contribution in [2.45, 2.75) is 0 Å². The van der Waals surface area contributed by atoms with Gasteiger partial charge in [0, 0.05) is 11.1 Å². The summed E-state index contributed by atoms with van der Waals surface area (Å²) < 4.78 is 10.1. The molecule has 9 heteroatoms. The molecular weight excluding hydrogens is 470 g/mol. The van der Waals surface area contributed by atoms with Gasteiger partial charge in [0.2, 0.25) is 0 Å². The van der Waals surface area contributed by atoms with Gasteiger partial charge in [-0.2, -0.15) is 5.01 Å². The summed E-state index contributed by atoms with van der Waals surface area (Å²) in [5, 5.41) is 1.34. The summed E-state index contributed by atoms with van der Waals surface area (Å²) in [7, 11) is 1.27. The van der Waals surface area contributed by atoms with E-state index in [1.807, 2.05) is 6.07 Å². The number of benzene rings is 3. The lowest BCUT2D eigenvalue weighted by Crippen LogP contribution is -2.47. The number of carbonyl (C=O) groups excluding carboxylic acids is 3. The Bertz CT molecular complexity index is 1340. The number of hydrazine groups is 1. The van der Waals surface area contributed by atoms with Crippen LogP contribution in [0.5, 0.6) is 5.75 Å². The number of halogens is 1. The van der Waals surface area contributed by atoms with E-state index in [0.717, 1.165) is 5.01 Å². The molecule has 0 unspecified atom stereocenters. The van der Waals surface area contributed by atoms with Crippen LogP contribution in [-0.4, -0.2) is 42.3 Å². The highest BCUT2D eigenvalue weighted by atomic mass is 35.5. The molecule has 0 aliphatic carbocycles. The molecule has 0 saturated heterocycles. The van der Waals surface area contributed by atoms with Gasteiger partial charge in [-0.25, -0.2) is 9.79 Å². The molecule has 3 aromatic rings. The molecule has 0 spiro atoms. The first-order valence-corrected chi connectivity index (χ1v) is 10.9. The average Bonchev–Trinajstić information content (AvgIpc) is 3.18. The van der Waals surface area contributed by atoms with Crippen molar-refractivity contribution >= 4 is 41.3 Å². The normalized spacial score (nSPS) is 14.0. The number of nitrogens with one attached hydrogen (secondary N) is 1. The van der Waals surface area contributed by atoms with E-state index in [2.05, 4.69) is 15.2 Å². The standard InChI is InChI=1S/C26H20ClN3O5/c1-34-23(31)16-35-22-14-8-5-11-18(22)15-21-26(33)30(24(28-21)17-9-3-2-4-10-17)29-25(32)19-12-6-7-13-20(19)27/h2-15H,16H2,1H3,(H,29,32)/b21-15+. The van der Waals surface area contributed by atoms with Crippen LogP contribution in [-0.2, 0) is 14.3 Å². The molecule has 1 heterocycles. The smallest absolute Gasteiger partial charge is 0.343 e. The van der Waals surface area contributed by atoms with Gasteiger partial charge in [-0.1, -0.05) is 72.3 Å². The summed E-state index contributed by atoms with van der Waals surface area (Å²) in [6.07, 6.45) is 1.53. The third kappa shape index (κ3) is 5.39. The minimum atomic E-state index is -0.560. The molecule has 176 valence electrons. The predicted molar refractivity (Wildman–Crippen MR) is 131 cm³/mol. The zero-order valence-corrected chi connectivity index (χ0v) is 19.4. The Morgan fingerprint density at radius 2 is 1.69 bits per heavy atom. The van der Waals surface area contributed by atoms with E-state index < -0.39 is 17.8 Å². The molecule has 1 aliphatic heterocycles. The predicted octanol–water partition coefficient (Wildman–Crippen LogP) is 3.87. The number of ether oxygens (including phenoxy) is 2. The van der Waals surface area contributed by atoms with Crippen molar-refractivity contribution in [2.75, 3.05) is 13.7 Å². The van der Waals surface area contributed by atoms with Crippen LogP contribution in [0.4, 0.5) is 0 Å². The number of amidine groups is 1. The fourth-order valence-electron chi connectivity index (χ4n) is 3.28. The molecule has 2 amide bonds. The highest BCUT2D eigenvalue weighted by Crippen LogP contribution is 2.26. The minimum absolute atomic E-state index is 0.0671. The zero-order chi connectivity index (χ0) is 24.8. The van der Waals surface area contributed by atoms with Crippen LogP contribution in [0.2, 0.25) is 5.02 Å². The van der Waals surface area contributed by atoms with Gasteiger partial charge in [0.05, 0.1) is 17.7 Å². The van der Waals surface area contributed by atoms with Crippen molar-refractivity contribution in [3.05, 3.63) is 106 Å². The maximum Gasteiger partial charge on any atom is 0.343 e. The lowest BCUT2D eigenvalue weighted by Gasteiger charge is -2.19. The topological polar surface area (TPSA) is 97.3 Å². The minimum Gasteiger partial charge on any atom is -0.481 e. The maximum atomic E-state index is 13.3. The zero-order valence-electron chi connectivity index (χ0n) is 18.6. The molecule has 0 saturated carbocycles. The van der Waals surface area contributed by atoms with Crippen LogP contribution in [0.15, 0.2) is 89.6 Å². The Hall–Kier alpha value is -4.43. The van der Waals surface area contributed by atoms with Gasteiger partial charge in [0.25, 0.3) is 11.8 Å². The Morgan fingerprint density at radius 3 is 2.43 bits per heavy atom. The molecule has 1 N–H and O–H groups in total. The monoisotopic (exact) mass is 489 g/mol. The van der Waals surface area contributed by atoms with E-state index in [0.29, 0.717) is 16.9 Å². The van der Waals surface area contributed by atoms with Crippen molar-refractivity contribution in [1.29, 1.82) is 0 Å². The van der Waals surface area contributed by atoms with E-state index in [1.54, 1.807) is 72.8 Å². The van der Waals surface area contributed by atoms with Crippen LogP contribution in [0.25, 0.3) is 6.08 Å². The molecule has 35 heavy (non-hydrogen) atoms. The number of carbonyl (C=O) groups is 3. The van der Waals surface area contributed by atoms with Crippen molar-refractivity contribution < 1.29 is 23.9 Å². The average molecular weight is 490 g/mol. The van der Waals surface area contributed by atoms with Crippen molar-refractivity contribution in [1.82, 2.24) is 10.4 Å². The Kier molecular flexibility index (Phi) is 7.23. The molecule has 1 aliphatic rings. The fourth-order valence-corrected chi connectivity index (χ4v) is 3.50. The van der Waals surface area contributed by atoms with Gasteiger partial charge >= 0.3 is 5.97 Å². The summed E-state index contributed by atoms with van der Waals surface area (Å²) in [6, 6.07) is 22.4. The van der Waals surface area contributed by atoms with Gasteiger partial charge < -0.3 is 9.47 Å². The van der Waals surface area contributed by atoms with Gasteiger partial charge in [-0.15, -0.1) is 0 Å². The van der Waals surface area contributed by atoms with Crippen molar-refractivity contribution in [2.24, 2.45) is 4.99 Å². The van der Waals surface area contributed by atoms with Crippen LogP contribution in [0, 0.1) is 0 Å². The molecule has 0 radical (unpaired) electrons. The summed E-state index contributed by atoms with van der Waals surface area (Å²) in [6.45, 7) is -0.289. The molecule has 0 bridgehead atoms. The van der Waals surface area contributed by atoms with Gasteiger partial charge in [0.15, 0.2) is 12.4 Å². The summed E-state index contributed by atoms with van der Waals surface area (Å²) in [5.74, 6) is -1.03. The van der Waals surface area contributed by atoms with Crippen LogP contribution in [0.1, 0.15) is 21.5 Å². The number of hydrogen-bond donors (Lipinski definition) is 1. The quantitative estimate of drug-likeness (QED) is 0.401. The Morgan fingerprint density at radius 1 is 1.00 bits per heavy atom. The number of esters is 1. The van der Waals surface area contributed by atoms with E-state index in [9.17, 15) is 14.4 Å². The number of nitrogens with zero attached hydrogens (tertiary/aromatic N) is 2. The summed E-state index contributed by atoms with van der Waals surface area (Å²) >= 11 is 6.16. The molecule has 0 aromatic heterocycles. The molecule has 3 aromatic carbocycles. The number of aliphatic imine (C=N–C) groups is 1. The number of para-hydroxylation sites is 1. The van der Waals surface area contributed by atoms with Gasteiger partial charge in [-0.3, -0.25) is 15.0 Å². The first-order valence-electron chi connectivity index (χ1n) is 10.5. The lowest BCUT2D eigenvalue weighted by atomic mass is 10.1. The summed E-state index contributed by atoms with van der Waals surface area (Å²) in [4.78, 5) is 42.2. The van der Waals surface area contributed by atoms with Crippen molar-refractivity contribution in [3.63, 3.8) is 0 Å². The van der Waals surface area contributed by atoms with Crippen molar-refractivity contribution in [3.8, 4) is 5.75 Å². The number of methoxy groups -OCH3 is 1. The first kappa shape index (κ1) is 23.7. The third-order valence-electron chi connectivity index (χ3n) is 5.01. The number of hydrogen-bond acceptors (Lipinski definition) is 6. The molecule has 4 rings (SSSR count). The summed E-state index contributed by atoms with van der Waals surface area (Å²) in [5.41, 5.74) is 4.04. The van der Waals surface area contributed by atoms with E-state index >= 15 is 0 Å². The Balaban J connectivity index is 1.68. The number of amides is 2. The lowest BCUT2D eigenvalue weighted by molar-refractivity contribution is -0.142. The second-order valence-corrected chi connectivity index (χ2v) is 7.70. The van der Waals surface area contributed by atoms with Crippen LogP contribution < -0.4 is 10.2 Å². The number of rotatable bonds is 7. The first-order chi connectivity index (χ1) is 17.0. The molecular formula is C26H20ClN3O5. The maximum absolute atomic E-state index is 13.3. The van der Waals surface area contributed by atoms with E-state index in [-0.39, 0.29) is 28.7 Å². The SMILES string of the molecule is COC(=O)COc1ccccc1/C=C1/N=C(c2ccccc2)N(NC(=O)c2ccccc2Cl)C1=O. The van der Waals surface area contributed by atoms with E-state index in [1.165, 1.54) is 13.2 Å². The fraction of sp³-hybridized carbons (Fsp3) is 0.0769. The second-order valence-electron chi connectivity index (χ2n) is 7.29. The third-order valence-corrected chi connectivity index (χ3v) is 5.34. The van der Waals surface area contributed by atoms with Gasteiger partial charge in [0.1, 0.15) is 11.4 Å². The highest BCUT2D eigenvalue weighted by Gasteiger charge is 2.33. The van der Waals surface area contributed by atoms with E-state index in [4.69, 9.17) is 16.3 Å². The highest BCUT2D eigenvalue weighted by molar-refractivity contribution is 6.34. The molecule has 8 nitrogen and oxygen atoms in total. The molecule has 0 fully saturated rings. The largest absolute Gasteiger partial charge is 0.481 e. The van der Waals surface area contributed by atoms with Gasteiger partial charge in [-0.05, 0) is 24.3 Å². The second kappa shape index (κ2) is 10.7. The van der Waals surface area contributed by atoms with Crippen LogP contribution in [0.3, 0.4) is 0 Å².